The maximum absolute atomic E-state index is 6.07. The summed E-state index contributed by atoms with van der Waals surface area (Å²) in [5.74, 6) is 0. The van der Waals surface area contributed by atoms with Crippen LogP contribution in [0.2, 0.25) is 5.02 Å². The lowest BCUT2D eigenvalue weighted by molar-refractivity contribution is -0.591. The average molecular weight is 322 g/mol. The van der Waals surface area contributed by atoms with E-state index in [0.717, 1.165) is 5.02 Å². The van der Waals surface area contributed by atoms with Crippen molar-refractivity contribution in [2.75, 3.05) is 0 Å². The summed E-state index contributed by atoms with van der Waals surface area (Å²) < 4.78 is 2.78. The van der Waals surface area contributed by atoms with E-state index >= 15 is 0 Å². The Morgan fingerprint density at radius 2 is 1.92 bits per heavy atom. The molecule has 0 aliphatic rings. The number of benzene rings is 1. The minimum Gasteiger partial charge on any atom is -0.0963 e. The summed E-state index contributed by atoms with van der Waals surface area (Å²) >= 11 is 7.82. The Balaban J connectivity index is 2.24. The molecule has 2 rings (SSSR count). The third-order valence-corrected chi connectivity index (χ3v) is 6.50. The smallest absolute Gasteiger partial charge is 0.0963 e. The first-order chi connectivity index (χ1) is 6.36. The second-order valence-corrected chi connectivity index (χ2v) is 7.38. The first-order valence-corrected chi connectivity index (χ1v) is 7.20. The van der Waals surface area contributed by atoms with Gasteiger partial charge in [-0.1, -0.05) is 35.1 Å². The molecule has 0 amide bonds. The van der Waals surface area contributed by atoms with E-state index < -0.39 is 0 Å². The molecule has 0 radical (unpaired) electrons. The highest BCUT2D eigenvalue weighted by molar-refractivity contribution is 7.07. The van der Waals surface area contributed by atoms with Crippen molar-refractivity contribution in [1.82, 2.24) is 0 Å². The standard InChI is InChI=1S/C10H7ClIS/c11-8-4-1-2-5-9(8)12-10-6-3-7-13-10/h1-7H/q+1. The second kappa shape index (κ2) is 4.44. The number of hydrogen-bond acceptors (Lipinski definition) is 1. The molecule has 13 heavy (non-hydrogen) atoms. The predicted octanol–water partition coefficient (Wildman–Crippen LogP) is 0.530. The summed E-state index contributed by atoms with van der Waals surface area (Å²) in [6.07, 6.45) is 0. The Kier molecular flexibility index (Phi) is 3.24. The lowest BCUT2D eigenvalue weighted by Gasteiger charge is -1.86. The van der Waals surface area contributed by atoms with Crippen LogP contribution in [0.5, 0.6) is 0 Å². The fourth-order valence-corrected chi connectivity index (χ4v) is 4.96. The average Bonchev–Trinajstić information content (AvgIpc) is 2.61. The first-order valence-electron chi connectivity index (χ1n) is 3.79. The molecule has 0 aliphatic carbocycles. The number of thiophene rings is 1. The van der Waals surface area contributed by atoms with Crippen LogP contribution in [-0.4, -0.2) is 0 Å². The van der Waals surface area contributed by atoms with Crippen LogP contribution in [0.15, 0.2) is 41.8 Å². The minimum atomic E-state index is -0.0688. The first kappa shape index (κ1) is 9.49. The van der Waals surface area contributed by atoms with Crippen molar-refractivity contribution in [3.63, 3.8) is 0 Å². The summed E-state index contributed by atoms with van der Waals surface area (Å²) in [5.41, 5.74) is 0. The number of hydrogen-bond donors (Lipinski definition) is 0. The molecular formula is C10H7ClIS+. The lowest BCUT2D eigenvalue weighted by atomic mass is 10.4. The van der Waals surface area contributed by atoms with Crippen LogP contribution in [0.25, 0.3) is 0 Å². The Labute approximate surface area is 96.8 Å². The minimum absolute atomic E-state index is 0.0688. The van der Waals surface area contributed by atoms with Crippen LogP contribution in [0.3, 0.4) is 0 Å². The van der Waals surface area contributed by atoms with Gasteiger partial charge in [-0.2, -0.15) is 0 Å². The van der Waals surface area contributed by atoms with Gasteiger partial charge < -0.3 is 0 Å². The van der Waals surface area contributed by atoms with E-state index in [1.807, 2.05) is 23.5 Å². The van der Waals surface area contributed by atoms with Crippen molar-refractivity contribution in [3.8, 4) is 0 Å². The van der Waals surface area contributed by atoms with Crippen molar-refractivity contribution in [1.29, 1.82) is 0 Å². The Morgan fingerprint density at radius 3 is 2.62 bits per heavy atom. The highest BCUT2D eigenvalue weighted by Crippen LogP contribution is 2.05. The summed E-state index contributed by atoms with van der Waals surface area (Å²) in [6.45, 7) is 0. The van der Waals surface area contributed by atoms with Crippen LogP contribution in [0.1, 0.15) is 0 Å². The largest absolute Gasteiger partial charge is 0.371 e. The SMILES string of the molecule is Clc1ccccc1[I+]c1cccs1. The van der Waals surface area contributed by atoms with E-state index in [1.165, 1.54) is 6.45 Å². The van der Waals surface area contributed by atoms with Crippen LogP contribution in [-0.2, 0) is 0 Å². The van der Waals surface area contributed by atoms with E-state index in [1.54, 1.807) is 0 Å². The zero-order valence-electron chi connectivity index (χ0n) is 6.71. The van der Waals surface area contributed by atoms with Gasteiger partial charge in [-0.05, 0) is 23.6 Å². The summed E-state index contributed by atoms with van der Waals surface area (Å²) in [6, 6.07) is 12.4. The maximum atomic E-state index is 6.07. The van der Waals surface area contributed by atoms with E-state index in [9.17, 15) is 0 Å². The van der Waals surface area contributed by atoms with Crippen molar-refractivity contribution in [3.05, 3.63) is 53.3 Å². The van der Waals surface area contributed by atoms with Crippen LogP contribution in [0, 0.1) is 6.45 Å². The monoisotopic (exact) mass is 321 g/mol. The van der Waals surface area contributed by atoms with Gasteiger partial charge in [0.1, 0.15) is 0 Å². The second-order valence-electron chi connectivity index (χ2n) is 2.43. The van der Waals surface area contributed by atoms with Gasteiger partial charge in [0, 0.05) is 6.07 Å². The van der Waals surface area contributed by atoms with Gasteiger partial charge in [0.25, 0.3) is 0 Å². The van der Waals surface area contributed by atoms with Crippen molar-refractivity contribution < 1.29 is 21.2 Å². The molecule has 0 aliphatic heterocycles. The zero-order chi connectivity index (χ0) is 9.10. The van der Waals surface area contributed by atoms with E-state index in [-0.39, 0.29) is 21.2 Å². The van der Waals surface area contributed by atoms with Gasteiger partial charge in [-0.25, -0.2) is 0 Å². The molecule has 0 bridgehead atoms. The molecule has 1 heterocycles. The molecule has 1 aromatic heterocycles. The lowest BCUT2D eigenvalue weighted by Crippen LogP contribution is -3.61. The normalized spacial score (nSPS) is 10.2. The van der Waals surface area contributed by atoms with E-state index in [2.05, 4.69) is 29.6 Å². The summed E-state index contributed by atoms with van der Waals surface area (Å²) in [4.78, 5) is 0. The van der Waals surface area contributed by atoms with Crippen molar-refractivity contribution in [2.45, 2.75) is 0 Å². The topological polar surface area (TPSA) is 0 Å². The summed E-state index contributed by atoms with van der Waals surface area (Å²) in [5, 5.41) is 3.02. The third-order valence-electron chi connectivity index (χ3n) is 1.51. The van der Waals surface area contributed by atoms with Gasteiger partial charge in [-0.15, -0.1) is 0 Å². The fourth-order valence-electron chi connectivity index (χ4n) is 0.929. The molecule has 0 unspecified atom stereocenters. The van der Waals surface area contributed by atoms with Gasteiger partial charge >= 0.3 is 21.2 Å². The fraction of sp³-hybridized carbons (Fsp3) is 0. The third kappa shape index (κ3) is 2.45. The molecule has 0 atom stereocenters. The van der Waals surface area contributed by atoms with Gasteiger partial charge in [0.2, 0.25) is 6.45 Å². The molecule has 0 saturated heterocycles. The van der Waals surface area contributed by atoms with Crippen LogP contribution < -0.4 is 21.2 Å². The highest BCUT2D eigenvalue weighted by Gasteiger charge is 2.19. The Bertz CT molecular complexity index is 384. The molecule has 0 N–H and O–H groups in total. The quantitative estimate of drug-likeness (QED) is 0.708. The molecule has 66 valence electrons. The van der Waals surface area contributed by atoms with Crippen molar-refractivity contribution in [2.24, 2.45) is 0 Å². The van der Waals surface area contributed by atoms with Crippen LogP contribution in [0.4, 0.5) is 0 Å². The molecule has 2 aromatic rings. The van der Waals surface area contributed by atoms with E-state index in [0.29, 0.717) is 0 Å². The maximum Gasteiger partial charge on any atom is 0.371 e. The van der Waals surface area contributed by atoms with Gasteiger partial charge in [-0.3, -0.25) is 0 Å². The van der Waals surface area contributed by atoms with Gasteiger partial charge in [0.05, 0.1) is 5.02 Å². The molecule has 0 spiro atoms. The predicted molar refractivity (Wildman–Crippen MR) is 53.2 cm³/mol. The highest BCUT2D eigenvalue weighted by atomic mass is 127. The molecule has 0 nitrogen and oxygen atoms in total. The number of halogens is 2. The molecule has 1 aromatic carbocycles. The van der Waals surface area contributed by atoms with Crippen molar-refractivity contribution >= 4 is 22.9 Å². The Morgan fingerprint density at radius 1 is 1.08 bits per heavy atom. The van der Waals surface area contributed by atoms with Gasteiger partial charge in [0.15, 0.2) is 0 Å². The van der Waals surface area contributed by atoms with E-state index in [4.69, 9.17) is 11.6 Å². The molecule has 0 saturated carbocycles. The molecular weight excluding hydrogens is 315 g/mol. The number of rotatable bonds is 2. The molecule has 0 fully saturated rings. The summed E-state index contributed by atoms with van der Waals surface area (Å²) in [7, 11) is 0. The zero-order valence-corrected chi connectivity index (χ0v) is 10.4. The molecule has 3 heteroatoms. The Hall–Kier alpha value is -0.0600. The van der Waals surface area contributed by atoms with Crippen LogP contribution >= 0.6 is 22.9 Å².